The van der Waals surface area contributed by atoms with Gasteiger partial charge in [-0.1, -0.05) is 24.3 Å². The van der Waals surface area contributed by atoms with E-state index in [1.165, 1.54) is 17.5 Å². The molecule has 0 saturated carbocycles. The van der Waals surface area contributed by atoms with Crippen molar-refractivity contribution in [2.75, 3.05) is 5.32 Å². The number of fused-ring (bicyclic) bond motifs is 1. The van der Waals surface area contributed by atoms with E-state index in [-0.39, 0.29) is 12.1 Å². The number of aromatic nitrogens is 2. The second-order valence-electron chi connectivity index (χ2n) is 5.67. The van der Waals surface area contributed by atoms with Crippen molar-refractivity contribution in [3.05, 3.63) is 47.7 Å². The third-order valence-electron chi connectivity index (χ3n) is 3.66. The maximum Gasteiger partial charge on any atom is 0.226 e. The summed E-state index contributed by atoms with van der Waals surface area (Å²) in [5.74, 6) is 1.25. The molecule has 0 fully saturated rings. The molecule has 1 unspecified atom stereocenters. The molecule has 0 spiro atoms. The summed E-state index contributed by atoms with van der Waals surface area (Å²) in [7, 11) is 0. The Hall–Kier alpha value is -2.10. The predicted octanol–water partition coefficient (Wildman–Crippen LogP) is 3.75. The summed E-state index contributed by atoms with van der Waals surface area (Å²) in [5.41, 5.74) is 2.79. The molecule has 1 aromatic carbocycles. The van der Waals surface area contributed by atoms with Crippen LogP contribution in [0.5, 0.6) is 5.88 Å². The van der Waals surface area contributed by atoms with E-state index >= 15 is 0 Å². The van der Waals surface area contributed by atoms with Crippen molar-refractivity contribution in [3.8, 4) is 5.88 Å². The smallest absolute Gasteiger partial charge is 0.226 e. The molecule has 0 aliphatic heterocycles. The van der Waals surface area contributed by atoms with Crippen LogP contribution in [0.2, 0.25) is 0 Å². The van der Waals surface area contributed by atoms with Crippen LogP contribution in [-0.2, 0) is 6.42 Å². The minimum atomic E-state index is 0.114. The summed E-state index contributed by atoms with van der Waals surface area (Å²) < 4.78 is 5.62. The molecule has 3 rings (SSSR count). The number of ether oxygens (including phenoxy) is 1. The van der Waals surface area contributed by atoms with Crippen molar-refractivity contribution < 1.29 is 4.74 Å². The summed E-state index contributed by atoms with van der Waals surface area (Å²) in [6.07, 6.45) is 5.31. The van der Waals surface area contributed by atoms with Crippen molar-refractivity contribution in [1.29, 1.82) is 0 Å². The number of hydrogen-bond donors (Lipinski definition) is 1. The highest BCUT2D eigenvalue weighted by Crippen LogP contribution is 2.31. The Bertz CT molecular complexity index is 612. The minimum absolute atomic E-state index is 0.114. The summed E-state index contributed by atoms with van der Waals surface area (Å²) in [6, 6.07) is 10.7. The minimum Gasteiger partial charge on any atom is -0.475 e. The quantitative estimate of drug-likeness (QED) is 0.928. The molecular formula is C17H21N3O. The first kappa shape index (κ1) is 13.9. The molecule has 0 saturated heterocycles. The van der Waals surface area contributed by atoms with Gasteiger partial charge in [0.05, 0.1) is 12.1 Å². The van der Waals surface area contributed by atoms with Crippen molar-refractivity contribution >= 4 is 5.95 Å². The first-order chi connectivity index (χ1) is 10.2. The van der Waals surface area contributed by atoms with Gasteiger partial charge in [0.2, 0.25) is 11.8 Å². The van der Waals surface area contributed by atoms with E-state index in [9.17, 15) is 0 Å². The normalized spacial score (nSPS) is 17.4. The lowest BCUT2D eigenvalue weighted by Crippen LogP contribution is -2.18. The molecule has 0 amide bonds. The molecule has 2 aromatic rings. The summed E-state index contributed by atoms with van der Waals surface area (Å²) in [6.45, 7) is 3.99. The lowest BCUT2D eigenvalue weighted by molar-refractivity contribution is 0.232. The van der Waals surface area contributed by atoms with E-state index in [1.807, 2.05) is 13.8 Å². The van der Waals surface area contributed by atoms with E-state index in [4.69, 9.17) is 4.74 Å². The molecule has 1 aliphatic rings. The lowest BCUT2D eigenvalue weighted by atomic mass is 9.88. The second kappa shape index (κ2) is 6.12. The van der Waals surface area contributed by atoms with Crippen molar-refractivity contribution in [2.24, 2.45) is 0 Å². The average Bonchev–Trinajstić information content (AvgIpc) is 2.47. The van der Waals surface area contributed by atoms with E-state index in [2.05, 4.69) is 39.6 Å². The molecule has 1 N–H and O–H groups in total. The molecule has 1 heterocycles. The van der Waals surface area contributed by atoms with Crippen LogP contribution in [0.1, 0.15) is 43.9 Å². The fraction of sp³-hybridized carbons (Fsp3) is 0.412. The number of hydrogen-bond acceptors (Lipinski definition) is 4. The molecule has 4 nitrogen and oxygen atoms in total. The van der Waals surface area contributed by atoms with Gasteiger partial charge in [-0.15, -0.1) is 0 Å². The van der Waals surface area contributed by atoms with Gasteiger partial charge >= 0.3 is 0 Å². The molecule has 21 heavy (non-hydrogen) atoms. The first-order valence-corrected chi connectivity index (χ1v) is 7.56. The lowest BCUT2D eigenvalue weighted by Gasteiger charge is -2.26. The van der Waals surface area contributed by atoms with Gasteiger partial charge in [-0.25, -0.2) is 4.98 Å². The first-order valence-electron chi connectivity index (χ1n) is 7.56. The Kier molecular flexibility index (Phi) is 4.04. The molecule has 0 radical (unpaired) electrons. The maximum atomic E-state index is 5.62. The summed E-state index contributed by atoms with van der Waals surface area (Å²) in [5, 5.41) is 3.45. The summed E-state index contributed by atoms with van der Waals surface area (Å²) >= 11 is 0. The predicted molar refractivity (Wildman–Crippen MR) is 83.5 cm³/mol. The van der Waals surface area contributed by atoms with E-state index in [0.717, 1.165) is 12.8 Å². The molecule has 1 atom stereocenters. The number of benzene rings is 1. The van der Waals surface area contributed by atoms with Crippen LogP contribution in [0.4, 0.5) is 5.95 Å². The zero-order chi connectivity index (χ0) is 14.7. The number of aryl methyl sites for hydroxylation is 1. The van der Waals surface area contributed by atoms with Gasteiger partial charge in [0.1, 0.15) is 0 Å². The Morgan fingerprint density at radius 1 is 1.24 bits per heavy atom. The van der Waals surface area contributed by atoms with Gasteiger partial charge in [-0.2, -0.15) is 4.98 Å². The van der Waals surface area contributed by atoms with Gasteiger partial charge in [0, 0.05) is 12.3 Å². The summed E-state index contributed by atoms with van der Waals surface area (Å²) in [4.78, 5) is 8.75. The van der Waals surface area contributed by atoms with Crippen LogP contribution in [0.3, 0.4) is 0 Å². The number of nitrogens with zero attached hydrogens (tertiary/aromatic N) is 2. The Labute approximate surface area is 125 Å². The highest BCUT2D eigenvalue weighted by atomic mass is 16.5. The Balaban J connectivity index is 1.78. The van der Waals surface area contributed by atoms with Gasteiger partial charge in [0.15, 0.2) is 0 Å². The fourth-order valence-corrected chi connectivity index (χ4v) is 2.78. The van der Waals surface area contributed by atoms with Gasteiger partial charge in [0.25, 0.3) is 0 Å². The second-order valence-corrected chi connectivity index (χ2v) is 5.67. The topological polar surface area (TPSA) is 47.0 Å². The zero-order valence-corrected chi connectivity index (χ0v) is 12.5. The van der Waals surface area contributed by atoms with Gasteiger partial charge in [-0.3, -0.25) is 0 Å². The molecule has 0 bridgehead atoms. The highest BCUT2D eigenvalue weighted by molar-refractivity contribution is 5.39. The van der Waals surface area contributed by atoms with E-state index < -0.39 is 0 Å². The zero-order valence-electron chi connectivity index (χ0n) is 12.5. The molecule has 4 heteroatoms. The molecule has 1 aliphatic carbocycles. The monoisotopic (exact) mass is 283 g/mol. The van der Waals surface area contributed by atoms with Crippen LogP contribution in [0, 0.1) is 0 Å². The number of nitrogens with one attached hydrogen (secondary N) is 1. The Morgan fingerprint density at radius 2 is 2.10 bits per heavy atom. The number of rotatable bonds is 4. The highest BCUT2D eigenvalue weighted by Gasteiger charge is 2.20. The van der Waals surface area contributed by atoms with Crippen LogP contribution < -0.4 is 10.1 Å². The van der Waals surface area contributed by atoms with Gasteiger partial charge in [-0.05, 0) is 44.2 Å². The number of anilines is 1. The van der Waals surface area contributed by atoms with Gasteiger partial charge < -0.3 is 10.1 Å². The fourth-order valence-electron chi connectivity index (χ4n) is 2.78. The van der Waals surface area contributed by atoms with Crippen molar-refractivity contribution in [3.63, 3.8) is 0 Å². The maximum absolute atomic E-state index is 5.62. The van der Waals surface area contributed by atoms with E-state index in [0.29, 0.717) is 11.8 Å². The van der Waals surface area contributed by atoms with Crippen LogP contribution in [0.15, 0.2) is 36.5 Å². The Morgan fingerprint density at radius 3 is 2.95 bits per heavy atom. The van der Waals surface area contributed by atoms with E-state index in [1.54, 1.807) is 12.3 Å². The van der Waals surface area contributed by atoms with Crippen LogP contribution >= 0.6 is 0 Å². The molecule has 1 aromatic heterocycles. The van der Waals surface area contributed by atoms with Crippen LogP contribution in [0.25, 0.3) is 0 Å². The average molecular weight is 283 g/mol. The third kappa shape index (κ3) is 3.32. The largest absolute Gasteiger partial charge is 0.475 e. The van der Waals surface area contributed by atoms with Crippen molar-refractivity contribution in [2.45, 2.75) is 45.3 Å². The van der Waals surface area contributed by atoms with Crippen molar-refractivity contribution in [1.82, 2.24) is 9.97 Å². The molecule has 110 valence electrons. The SMILES string of the molecule is CC(C)Oc1ccnc(NC2CCCc3ccccc32)n1. The van der Waals surface area contributed by atoms with Crippen LogP contribution in [-0.4, -0.2) is 16.1 Å². The third-order valence-corrected chi connectivity index (χ3v) is 3.66. The standard InChI is InChI=1S/C17H21N3O/c1-12(2)21-16-10-11-18-17(20-16)19-15-9-5-7-13-6-3-4-8-14(13)15/h3-4,6,8,10-12,15H,5,7,9H2,1-2H3,(H,18,19,20). The molecular weight excluding hydrogens is 262 g/mol.